The van der Waals surface area contributed by atoms with Crippen LogP contribution in [-0.2, 0) is 0 Å². The Hall–Kier alpha value is -2.09. The number of rotatable bonds is 4. The predicted molar refractivity (Wildman–Crippen MR) is 87.4 cm³/mol. The first-order chi connectivity index (χ1) is 9.63. The van der Waals surface area contributed by atoms with Crippen LogP contribution >= 0.6 is 0 Å². The lowest BCUT2D eigenvalue weighted by atomic mass is 9.90. The van der Waals surface area contributed by atoms with Crippen molar-refractivity contribution in [3.63, 3.8) is 0 Å². The summed E-state index contributed by atoms with van der Waals surface area (Å²) in [5, 5.41) is 4.09. The second kappa shape index (κ2) is 6.38. The van der Waals surface area contributed by atoms with Gasteiger partial charge in [-0.05, 0) is 46.7 Å². The maximum absolute atomic E-state index is 4.09. The molecule has 0 heterocycles. The van der Waals surface area contributed by atoms with Gasteiger partial charge in [-0.25, -0.2) is 0 Å². The monoisotopic (exact) mass is 266 g/mol. The summed E-state index contributed by atoms with van der Waals surface area (Å²) in [5.74, 6) is 0.514. The van der Waals surface area contributed by atoms with Gasteiger partial charge in [-0.1, -0.05) is 50.2 Å². The van der Waals surface area contributed by atoms with Crippen molar-refractivity contribution < 1.29 is 0 Å². The van der Waals surface area contributed by atoms with Crippen molar-refractivity contribution in [1.82, 2.24) is 5.43 Å². The molecule has 20 heavy (non-hydrogen) atoms. The first-order valence-electron chi connectivity index (χ1n) is 7.03. The SMILES string of the molecule is CN/N=C/c1ccc(C)c(-c2ccccc2C(C)C)c1. The van der Waals surface area contributed by atoms with E-state index in [1.54, 1.807) is 7.05 Å². The van der Waals surface area contributed by atoms with Crippen LogP contribution in [0.1, 0.15) is 36.5 Å². The van der Waals surface area contributed by atoms with Crippen LogP contribution in [-0.4, -0.2) is 13.3 Å². The number of hydrazone groups is 1. The molecule has 0 atom stereocenters. The highest BCUT2D eigenvalue weighted by Crippen LogP contribution is 2.31. The lowest BCUT2D eigenvalue weighted by Crippen LogP contribution is -1.97. The van der Waals surface area contributed by atoms with Crippen LogP contribution in [0.2, 0.25) is 0 Å². The van der Waals surface area contributed by atoms with Gasteiger partial charge in [0, 0.05) is 7.05 Å². The average molecular weight is 266 g/mol. The van der Waals surface area contributed by atoms with Crippen molar-refractivity contribution in [2.75, 3.05) is 7.05 Å². The molecule has 1 N–H and O–H groups in total. The van der Waals surface area contributed by atoms with Gasteiger partial charge in [0.05, 0.1) is 6.21 Å². The fourth-order valence-electron chi connectivity index (χ4n) is 2.39. The van der Waals surface area contributed by atoms with Gasteiger partial charge in [-0.3, -0.25) is 0 Å². The lowest BCUT2D eigenvalue weighted by Gasteiger charge is -2.15. The lowest BCUT2D eigenvalue weighted by molar-refractivity contribution is 0.869. The van der Waals surface area contributed by atoms with E-state index in [9.17, 15) is 0 Å². The number of benzene rings is 2. The molecule has 2 heteroatoms. The summed E-state index contributed by atoms with van der Waals surface area (Å²) in [6.45, 7) is 6.63. The third kappa shape index (κ3) is 3.08. The molecule has 0 bridgehead atoms. The number of nitrogens with one attached hydrogen (secondary N) is 1. The number of hydrogen-bond donors (Lipinski definition) is 1. The van der Waals surface area contributed by atoms with Crippen LogP contribution in [0.4, 0.5) is 0 Å². The molecule has 2 aromatic rings. The van der Waals surface area contributed by atoms with Crippen molar-refractivity contribution in [2.24, 2.45) is 5.10 Å². The van der Waals surface area contributed by atoms with Crippen LogP contribution in [0.25, 0.3) is 11.1 Å². The molecular formula is C18H22N2. The molecule has 2 aromatic carbocycles. The van der Waals surface area contributed by atoms with E-state index in [0.717, 1.165) is 5.56 Å². The van der Waals surface area contributed by atoms with E-state index in [-0.39, 0.29) is 0 Å². The number of hydrogen-bond acceptors (Lipinski definition) is 2. The van der Waals surface area contributed by atoms with Gasteiger partial charge in [0.15, 0.2) is 0 Å². The Kier molecular flexibility index (Phi) is 4.57. The molecule has 0 spiro atoms. The Morgan fingerprint density at radius 3 is 2.50 bits per heavy atom. The zero-order valence-corrected chi connectivity index (χ0v) is 12.6. The molecule has 2 nitrogen and oxygen atoms in total. The second-order valence-corrected chi connectivity index (χ2v) is 5.30. The molecule has 104 valence electrons. The summed E-state index contributed by atoms with van der Waals surface area (Å²) >= 11 is 0. The Balaban J connectivity index is 2.54. The average Bonchev–Trinajstić information content (AvgIpc) is 2.46. The minimum atomic E-state index is 0.514. The third-order valence-electron chi connectivity index (χ3n) is 3.48. The molecule has 0 aliphatic rings. The topological polar surface area (TPSA) is 24.4 Å². The maximum atomic E-state index is 4.09. The summed E-state index contributed by atoms with van der Waals surface area (Å²) in [6, 6.07) is 15.1. The van der Waals surface area contributed by atoms with E-state index < -0.39 is 0 Å². The molecule has 2 rings (SSSR count). The minimum Gasteiger partial charge on any atom is -0.313 e. The summed E-state index contributed by atoms with van der Waals surface area (Å²) in [6.07, 6.45) is 1.85. The van der Waals surface area contributed by atoms with Crippen molar-refractivity contribution in [3.05, 3.63) is 59.2 Å². The van der Waals surface area contributed by atoms with Gasteiger partial charge in [0.1, 0.15) is 0 Å². The van der Waals surface area contributed by atoms with Crippen molar-refractivity contribution in [1.29, 1.82) is 0 Å². The molecule has 0 aliphatic heterocycles. The predicted octanol–water partition coefficient (Wildman–Crippen LogP) is 4.34. The zero-order valence-electron chi connectivity index (χ0n) is 12.6. The van der Waals surface area contributed by atoms with Crippen molar-refractivity contribution in [3.8, 4) is 11.1 Å². The Bertz CT molecular complexity index is 613. The fraction of sp³-hybridized carbons (Fsp3) is 0.278. The Labute approximate surface area is 121 Å². The van der Waals surface area contributed by atoms with Crippen molar-refractivity contribution in [2.45, 2.75) is 26.7 Å². The molecular weight excluding hydrogens is 244 g/mol. The molecule has 0 saturated heterocycles. The van der Waals surface area contributed by atoms with Crippen LogP contribution < -0.4 is 5.43 Å². The van der Waals surface area contributed by atoms with Gasteiger partial charge in [-0.2, -0.15) is 5.10 Å². The van der Waals surface area contributed by atoms with E-state index in [1.165, 1.54) is 22.3 Å². The molecule has 0 saturated carbocycles. The highest BCUT2D eigenvalue weighted by molar-refractivity contribution is 5.84. The van der Waals surface area contributed by atoms with E-state index in [2.05, 4.69) is 73.8 Å². The smallest absolute Gasteiger partial charge is 0.0540 e. The van der Waals surface area contributed by atoms with Gasteiger partial charge in [0.2, 0.25) is 0 Å². The standard InChI is InChI=1S/C18H22N2/c1-13(2)16-7-5-6-8-17(16)18-11-15(12-20-19-4)10-9-14(18)3/h5-13,19H,1-4H3/b20-12+. The number of aryl methyl sites for hydroxylation is 1. The summed E-state index contributed by atoms with van der Waals surface area (Å²) in [7, 11) is 1.81. The van der Waals surface area contributed by atoms with E-state index in [4.69, 9.17) is 0 Å². The summed E-state index contributed by atoms with van der Waals surface area (Å²) in [4.78, 5) is 0. The van der Waals surface area contributed by atoms with Gasteiger partial charge in [-0.15, -0.1) is 0 Å². The highest BCUT2D eigenvalue weighted by Gasteiger charge is 2.10. The largest absolute Gasteiger partial charge is 0.313 e. The minimum absolute atomic E-state index is 0.514. The summed E-state index contributed by atoms with van der Waals surface area (Å²) < 4.78 is 0. The quantitative estimate of drug-likeness (QED) is 0.646. The van der Waals surface area contributed by atoms with Crippen LogP contribution in [0.5, 0.6) is 0 Å². The highest BCUT2D eigenvalue weighted by atomic mass is 15.3. The van der Waals surface area contributed by atoms with E-state index in [0.29, 0.717) is 5.92 Å². The number of nitrogens with zero attached hydrogens (tertiary/aromatic N) is 1. The molecule has 0 aliphatic carbocycles. The summed E-state index contributed by atoms with van der Waals surface area (Å²) in [5.41, 5.74) is 9.18. The molecule has 0 aromatic heterocycles. The second-order valence-electron chi connectivity index (χ2n) is 5.30. The Morgan fingerprint density at radius 1 is 1.05 bits per heavy atom. The normalized spacial score (nSPS) is 11.2. The molecule has 0 unspecified atom stereocenters. The van der Waals surface area contributed by atoms with E-state index in [1.807, 2.05) is 6.21 Å². The van der Waals surface area contributed by atoms with Crippen molar-refractivity contribution >= 4 is 6.21 Å². The van der Waals surface area contributed by atoms with Gasteiger partial charge >= 0.3 is 0 Å². The van der Waals surface area contributed by atoms with Gasteiger partial charge in [0.25, 0.3) is 0 Å². The molecule has 0 radical (unpaired) electrons. The van der Waals surface area contributed by atoms with Crippen LogP contribution in [0.3, 0.4) is 0 Å². The van der Waals surface area contributed by atoms with E-state index >= 15 is 0 Å². The third-order valence-corrected chi connectivity index (χ3v) is 3.48. The fourth-order valence-corrected chi connectivity index (χ4v) is 2.39. The molecule has 0 amide bonds. The molecule has 0 fully saturated rings. The first kappa shape index (κ1) is 14.3. The maximum Gasteiger partial charge on any atom is 0.0540 e. The Morgan fingerprint density at radius 2 is 1.80 bits per heavy atom. The van der Waals surface area contributed by atoms with Gasteiger partial charge < -0.3 is 5.43 Å². The zero-order chi connectivity index (χ0) is 14.5. The van der Waals surface area contributed by atoms with Crippen LogP contribution in [0, 0.1) is 6.92 Å². The van der Waals surface area contributed by atoms with Crippen LogP contribution in [0.15, 0.2) is 47.6 Å². The first-order valence-corrected chi connectivity index (χ1v) is 7.03.